The number of nitrogens with one attached hydrogen (secondary N) is 2. The lowest BCUT2D eigenvalue weighted by Gasteiger charge is -2.44. The van der Waals surface area contributed by atoms with E-state index >= 15 is 0 Å². The molecule has 36 heavy (non-hydrogen) atoms. The Morgan fingerprint density at radius 3 is 2.53 bits per heavy atom. The molecule has 0 aromatic carbocycles. The Balaban J connectivity index is 1.37. The van der Waals surface area contributed by atoms with Crippen molar-refractivity contribution in [3.8, 4) is 0 Å². The van der Waals surface area contributed by atoms with Crippen molar-refractivity contribution in [1.82, 2.24) is 15.3 Å². The third-order valence-electron chi connectivity index (χ3n) is 7.70. The second-order valence-electron chi connectivity index (χ2n) is 10.1. The van der Waals surface area contributed by atoms with E-state index in [9.17, 15) is 9.59 Å². The molecular formula is C27H36N6O3. The van der Waals surface area contributed by atoms with Crippen molar-refractivity contribution >= 4 is 34.8 Å². The predicted octanol–water partition coefficient (Wildman–Crippen LogP) is 3.94. The van der Waals surface area contributed by atoms with Gasteiger partial charge in [-0.3, -0.25) is 9.59 Å². The van der Waals surface area contributed by atoms with Crippen molar-refractivity contribution in [3.05, 3.63) is 35.7 Å². The van der Waals surface area contributed by atoms with Crippen molar-refractivity contribution in [2.24, 2.45) is 0 Å². The van der Waals surface area contributed by atoms with Crippen LogP contribution in [-0.2, 0) is 9.53 Å². The second-order valence-corrected chi connectivity index (χ2v) is 10.1. The number of carbonyl (C=O) groups is 2. The summed E-state index contributed by atoms with van der Waals surface area (Å²) in [5.41, 5.74) is 3.28. The van der Waals surface area contributed by atoms with Gasteiger partial charge in [-0.1, -0.05) is 19.8 Å². The number of likely N-dealkylation sites (N-methyl/N-ethyl adjacent to an activating group) is 1. The number of aromatic nitrogens is 2. The van der Waals surface area contributed by atoms with Crippen LogP contribution in [-0.4, -0.2) is 60.2 Å². The minimum atomic E-state index is -0.158. The summed E-state index contributed by atoms with van der Waals surface area (Å²) in [5, 5.41) is 6.42. The van der Waals surface area contributed by atoms with Crippen molar-refractivity contribution in [3.63, 3.8) is 0 Å². The van der Waals surface area contributed by atoms with Gasteiger partial charge < -0.3 is 25.2 Å². The molecule has 2 aromatic rings. The maximum absolute atomic E-state index is 13.1. The number of aryl methyl sites for hydroxylation is 1. The standard InChI is InChI=1S/C27H36N6O3/c1-4-21-27(35)32(3)23-16-28-24(14-22(23)33(21)20-7-5-6-8-20)31-25-17(2)13-18(15-29-25)26(34)30-19-9-11-36-12-10-19/h13-16,19-21H,4-12H2,1-3H3,(H,30,34)(H,28,29,31). The van der Waals surface area contributed by atoms with Crippen LogP contribution in [0.4, 0.5) is 23.0 Å². The molecule has 1 atom stereocenters. The zero-order valence-electron chi connectivity index (χ0n) is 21.4. The fraction of sp³-hybridized carbons (Fsp3) is 0.556. The Morgan fingerprint density at radius 1 is 1.08 bits per heavy atom. The quantitative estimate of drug-likeness (QED) is 0.630. The summed E-state index contributed by atoms with van der Waals surface area (Å²) >= 11 is 0. The van der Waals surface area contributed by atoms with Gasteiger partial charge >= 0.3 is 0 Å². The summed E-state index contributed by atoms with van der Waals surface area (Å²) in [6, 6.07) is 4.24. The monoisotopic (exact) mass is 492 g/mol. The summed E-state index contributed by atoms with van der Waals surface area (Å²) in [7, 11) is 1.83. The van der Waals surface area contributed by atoms with Crippen LogP contribution < -0.4 is 20.4 Å². The van der Waals surface area contributed by atoms with Gasteiger partial charge in [0.15, 0.2) is 0 Å². The number of ether oxygens (including phenoxy) is 1. The Hall–Kier alpha value is -3.20. The van der Waals surface area contributed by atoms with Crippen LogP contribution in [0.5, 0.6) is 0 Å². The smallest absolute Gasteiger partial charge is 0.253 e. The van der Waals surface area contributed by atoms with Crippen LogP contribution in [0.15, 0.2) is 24.5 Å². The Kier molecular flexibility index (Phi) is 7.09. The van der Waals surface area contributed by atoms with E-state index in [0.29, 0.717) is 36.5 Å². The molecule has 9 heteroatoms. The molecule has 2 N–H and O–H groups in total. The van der Waals surface area contributed by atoms with Crippen LogP contribution in [0.25, 0.3) is 0 Å². The summed E-state index contributed by atoms with van der Waals surface area (Å²) in [6.45, 7) is 5.38. The zero-order chi connectivity index (χ0) is 25.2. The Bertz CT molecular complexity index is 1130. The van der Waals surface area contributed by atoms with Gasteiger partial charge in [-0.15, -0.1) is 0 Å². The molecule has 2 aromatic heterocycles. The van der Waals surface area contributed by atoms with Gasteiger partial charge in [0.05, 0.1) is 23.1 Å². The number of amides is 2. The van der Waals surface area contributed by atoms with E-state index < -0.39 is 0 Å². The molecule has 0 radical (unpaired) electrons. The molecular weight excluding hydrogens is 456 g/mol. The molecule has 5 rings (SSSR count). The topological polar surface area (TPSA) is 99.7 Å². The average molecular weight is 493 g/mol. The minimum Gasteiger partial charge on any atom is -0.381 e. The number of hydrogen-bond acceptors (Lipinski definition) is 7. The predicted molar refractivity (Wildman–Crippen MR) is 140 cm³/mol. The maximum atomic E-state index is 13.1. The molecule has 0 spiro atoms. The van der Waals surface area contributed by atoms with E-state index in [1.165, 1.54) is 12.8 Å². The third-order valence-corrected chi connectivity index (χ3v) is 7.70. The Morgan fingerprint density at radius 2 is 1.83 bits per heavy atom. The van der Waals surface area contributed by atoms with Gasteiger partial charge in [0.1, 0.15) is 17.7 Å². The molecule has 1 saturated heterocycles. The zero-order valence-corrected chi connectivity index (χ0v) is 21.4. The van der Waals surface area contributed by atoms with Crippen molar-refractivity contribution in [1.29, 1.82) is 0 Å². The fourth-order valence-electron chi connectivity index (χ4n) is 5.67. The van der Waals surface area contributed by atoms with Crippen molar-refractivity contribution in [2.45, 2.75) is 76.9 Å². The number of fused-ring (bicyclic) bond motifs is 1. The van der Waals surface area contributed by atoms with E-state index in [2.05, 4.69) is 32.4 Å². The molecule has 3 aliphatic rings. The summed E-state index contributed by atoms with van der Waals surface area (Å²) < 4.78 is 5.37. The molecule has 2 amide bonds. The second kappa shape index (κ2) is 10.4. The number of hydrogen-bond donors (Lipinski definition) is 2. The first-order valence-corrected chi connectivity index (χ1v) is 13.1. The van der Waals surface area contributed by atoms with Gasteiger partial charge in [0.2, 0.25) is 5.91 Å². The van der Waals surface area contributed by atoms with E-state index in [1.54, 1.807) is 17.3 Å². The lowest BCUT2D eigenvalue weighted by Crippen LogP contribution is -2.55. The molecule has 1 saturated carbocycles. The van der Waals surface area contributed by atoms with Crippen LogP contribution in [0.1, 0.15) is 67.8 Å². The largest absolute Gasteiger partial charge is 0.381 e. The summed E-state index contributed by atoms with van der Waals surface area (Å²) in [5.74, 6) is 1.35. The van der Waals surface area contributed by atoms with Crippen LogP contribution >= 0.6 is 0 Å². The van der Waals surface area contributed by atoms with E-state index in [0.717, 1.165) is 49.0 Å². The first-order valence-electron chi connectivity index (χ1n) is 13.1. The van der Waals surface area contributed by atoms with Crippen LogP contribution in [0, 0.1) is 6.92 Å². The minimum absolute atomic E-state index is 0.110. The fourth-order valence-corrected chi connectivity index (χ4v) is 5.67. The number of nitrogens with zero attached hydrogens (tertiary/aromatic N) is 4. The SMILES string of the molecule is CCC1C(=O)N(C)c2cnc(Nc3ncc(C(=O)NC4CCOCC4)cc3C)cc2N1C1CCCC1. The van der Waals surface area contributed by atoms with Gasteiger partial charge in [-0.25, -0.2) is 9.97 Å². The third kappa shape index (κ3) is 4.76. The number of carbonyl (C=O) groups excluding carboxylic acids is 2. The molecule has 4 heterocycles. The Labute approximate surface area is 212 Å². The first-order chi connectivity index (χ1) is 17.5. The van der Waals surface area contributed by atoms with E-state index in [4.69, 9.17) is 4.74 Å². The molecule has 0 bridgehead atoms. The number of anilines is 4. The number of rotatable bonds is 6. The summed E-state index contributed by atoms with van der Waals surface area (Å²) in [6.07, 6.45) is 10.4. The highest BCUT2D eigenvalue weighted by atomic mass is 16.5. The van der Waals surface area contributed by atoms with Gasteiger partial charge in [0.25, 0.3) is 5.91 Å². The van der Waals surface area contributed by atoms with Gasteiger partial charge in [-0.2, -0.15) is 0 Å². The van der Waals surface area contributed by atoms with Crippen molar-refractivity contribution < 1.29 is 14.3 Å². The molecule has 192 valence electrons. The van der Waals surface area contributed by atoms with Gasteiger partial charge in [-0.05, 0) is 50.7 Å². The van der Waals surface area contributed by atoms with E-state index in [-0.39, 0.29) is 23.9 Å². The van der Waals surface area contributed by atoms with E-state index in [1.807, 2.05) is 26.1 Å². The van der Waals surface area contributed by atoms with Crippen LogP contribution in [0.3, 0.4) is 0 Å². The maximum Gasteiger partial charge on any atom is 0.253 e. The lowest BCUT2D eigenvalue weighted by atomic mass is 10.0. The highest BCUT2D eigenvalue weighted by molar-refractivity contribution is 6.05. The van der Waals surface area contributed by atoms with Crippen LogP contribution in [0.2, 0.25) is 0 Å². The van der Waals surface area contributed by atoms with Crippen molar-refractivity contribution in [2.75, 3.05) is 35.4 Å². The molecule has 9 nitrogen and oxygen atoms in total. The highest BCUT2D eigenvalue weighted by Crippen LogP contribution is 2.41. The molecule has 1 unspecified atom stereocenters. The number of pyridine rings is 2. The van der Waals surface area contributed by atoms with Gasteiger partial charge in [0, 0.05) is 44.6 Å². The first kappa shape index (κ1) is 24.5. The molecule has 1 aliphatic carbocycles. The highest BCUT2D eigenvalue weighted by Gasteiger charge is 2.40. The normalized spacial score (nSPS) is 21.0. The molecule has 2 aliphatic heterocycles. The summed E-state index contributed by atoms with van der Waals surface area (Å²) in [4.78, 5) is 39.0. The molecule has 2 fully saturated rings. The average Bonchev–Trinajstić information content (AvgIpc) is 3.42. The lowest BCUT2D eigenvalue weighted by molar-refractivity contribution is -0.120.